The van der Waals surface area contributed by atoms with Gasteiger partial charge in [0, 0.05) is 159 Å². The largest absolute Gasteiger partial charge is 0.381 e. The molecule has 0 radical (unpaired) electrons. The Balaban J connectivity index is 2.00. The molecule has 1 heterocycles. The first-order valence-corrected chi connectivity index (χ1v) is 24.9. The zero-order valence-electron chi connectivity index (χ0n) is 38.8. The zero-order valence-corrected chi connectivity index (χ0v) is 38.8. The van der Waals surface area contributed by atoms with E-state index in [0.717, 1.165) is 313 Å². The van der Waals surface area contributed by atoms with E-state index in [9.17, 15) is 0 Å². The van der Waals surface area contributed by atoms with Crippen molar-refractivity contribution in [1.29, 1.82) is 0 Å². The van der Waals surface area contributed by atoms with Gasteiger partial charge in [0.05, 0.1) is 0 Å². The summed E-state index contributed by atoms with van der Waals surface area (Å²) in [5.41, 5.74) is 0. The molecule has 0 aromatic carbocycles. The van der Waals surface area contributed by atoms with Crippen LogP contribution in [0.15, 0.2) is 0 Å². The summed E-state index contributed by atoms with van der Waals surface area (Å²) in [7, 11) is 0. The van der Waals surface area contributed by atoms with E-state index in [4.69, 9.17) is 56.8 Å². The van der Waals surface area contributed by atoms with Gasteiger partial charge in [-0.25, -0.2) is 0 Å². The molecule has 12 heteroatoms. The van der Waals surface area contributed by atoms with Gasteiger partial charge >= 0.3 is 0 Å². The van der Waals surface area contributed by atoms with Gasteiger partial charge in [-0.1, -0.05) is 0 Å². The lowest BCUT2D eigenvalue weighted by molar-refractivity contribution is 0.0750. The summed E-state index contributed by atoms with van der Waals surface area (Å²) in [5.74, 6) is 0. The van der Waals surface area contributed by atoms with E-state index in [1.165, 1.54) is 0 Å². The molecule has 0 bridgehead atoms. The highest BCUT2D eigenvalue weighted by atomic mass is 16.5. The molecule has 0 atom stereocenters. The van der Waals surface area contributed by atoms with Crippen LogP contribution in [0.3, 0.4) is 0 Å². The van der Waals surface area contributed by atoms with Gasteiger partial charge in [0.25, 0.3) is 0 Å². The molecular weight excluding hydrogens is 769 g/mol. The van der Waals surface area contributed by atoms with Gasteiger partial charge in [0.1, 0.15) is 0 Å². The molecular formula is C48H96O12. The van der Waals surface area contributed by atoms with E-state index in [2.05, 4.69) is 0 Å². The Morgan fingerprint density at radius 3 is 0.183 bits per heavy atom. The second kappa shape index (κ2) is 54.7. The maximum Gasteiger partial charge on any atom is 0.0466 e. The molecule has 0 aromatic heterocycles. The lowest BCUT2D eigenvalue weighted by atomic mass is 10.3. The van der Waals surface area contributed by atoms with Gasteiger partial charge in [0.2, 0.25) is 0 Å². The first kappa shape index (κ1) is 57.5. The Labute approximate surface area is 368 Å². The van der Waals surface area contributed by atoms with Crippen LogP contribution in [0.1, 0.15) is 154 Å². The predicted octanol–water partition coefficient (Wildman–Crippen LogP) is 9.56. The Bertz CT molecular complexity index is 398. The van der Waals surface area contributed by atoms with Crippen molar-refractivity contribution in [2.24, 2.45) is 0 Å². The van der Waals surface area contributed by atoms with Crippen molar-refractivity contribution in [3.05, 3.63) is 0 Å². The molecule has 0 aromatic rings. The summed E-state index contributed by atoms with van der Waals surface area (Å²) >= 11 is 0. The number of ether oxygens (including phenoxy) is 12. The van der Waals surface area contributed by atoms with Crippen molar-refractivity contribution in [2.45, 2.75) is 154 Å². The molecule has 1 saturated heterocycles. The molecule has 1 fully saturated rings. The first-order chi connectivity index (χ1) is 30.0. The third-order valence-electron chi connectivity index (χ3n) is 9.93. The second-order valence-electron chi connectivity index (χ2n) is 15.8. The van der Waals surface area contributed by atoms with E-state index >= 15 is 0 Å². The van der Waals surface area contributed by atoms with Crippen LogP contribution in [0, 0.1) is 0 Å². The molecule has 1 aliphatic rings. The van der Waals surface area contributed by atoms with Crippen LogP contribution in [0.25, 0.3) is 0 Å². The Morgan fingerprint density at radius 1 is 0.0833 bits per heavy atom. The molecule has 0 unspecified atom stereocenters. The lowest BCUT2D eigenvalue weighted by Crippen LogP contribution is -2.05. The standard InChI is InChI=1S/C48H96O12/c1-2-26-50-28-5-6-30-52-32-9-10-34-54-36-13-14-38-56-40-17-18-42-58-44-21-22-46-60-48-24-23-47-59-45-20-19-43-57-41-16-15-39-55-37-12-11-35-53-33-8-7-31-51-29-4-3-27-49-25-1/h1-48H2. The fraction of sp³-hybridized carbons (Fsp3) is 1.00. The van der Waals surface area contributed by atoms with Crippen LogP contribution in [-0.2, 0) is 56.8 Å². The monoisotopic (exact) mass is 865 g/mol. The van der Waals surface area contributed by atoms with E-state index in [1.54, 1.807) is 0 Å². The molecule has 0 aliphatic carbocycles. The van der Waals surface area contributed by atoms with Crippen molar-refractivity contribution < 1.29 is 56.8 Å². The topological polar surface area (TPSA) is 111 Å². The average Bonchev–Trinajstić information content (AvgIpc) is 3.26. The van der Waals surface area contributed by atoms with Gasteiger partial charge in [0.15, 0.2) is 0 Å². The molecule has 60 heavy (non-hydrogen) atoms. The summed E-state index contributed by atoms with van der Waals surface area (Å²) in [4.78, 5) is 0. The predicted molar refractivity (Wildman–Crippen MR) is 241 cm³/mol. The van der Waals surface area contributed by atoms with Crippen molar-refractivity contribution >= 4 is 0 Å². The lowest BCUT2D eigenvalue weighted by Gasteiger charge is -2.08. The molecule has 360 valence electrons. The van der Waals surface area contributed by atoms with Crippen LogP contribution in [-0.4, -0.2) is 159 Å². The minimum atomic E-state index is 0.812. The van der Waals surface area contributed by atoms with Crippen molar-refractivity contribution in [3.8, 4) is 0 Å². The molecule has 0 amide bonds. The highest BCUT2D eigenvalue weighted by molar-refractivity contribution is 4.48. The third-order valence-corrected chi connectivity index (χ3v) is 9.93. The van der Waals surface area contributed by atoms with Crippen molar-refractivity contribution in [1.82, 2.24) is 0 Å². The van der Waals surface area contributed by atoms with Crippen molar-refractivity contribution in [2.75, 3.05) is 159 Å². The van der Waals surface area contributed by atoms with E-state index in [1.807, 2.05) is 0 Å². The normalized spacial score (nSPS) is 24.0. The summed E-state index contributed by atoms with van der Waals surface area (Å²) in [5, 5.41) is 0. The van der Waals surface area contributed by atoms with Gasteiger partial charge in [-0.3, -0.25) is 0 Å². The summed E-state index contributed by atoms with van der Waals surface area (Å²) < 4.78 is 69.3. The average molecular weight is 865 g/mol. The Kier molecular flexibility index (Phi) is 52.4. The molecule has 0 N–H and O–H groups in total. The quantitative estimate of drug-likeness (QED) is 0.231. The minimum Gasteiger partial charge on any atom is -0.381 e. The van der Waals surface area contributed by atoms with E-state index in [-0.39, 0.29) is 0 Å². The summed E-state index contributed by atoms with van der Waals surface area (Å²) in [6.07, 6.45) is 25.2. The van der Waals surface area contributed by atoms with Gasteiger partial charge < -0.3 is 56.8 Å². The highest BCUT2D eigenvalue weighted by Gasteiger charge is 2.00. The van der Waals surface area contributed by atoms with E-state index in [0.29, 0.717) is 0 Å². The van der Waals surface area contributed by atoms with Crippen LogP contribution < -0.4 is 0 Å². The van der Waals surface area contributed by atoms with Gasteiger partial charge in [-0.2, -0.15) is 0 Å². The third kappa shape index (κ3) is 51.9. The highest BCUT2D eigenvalue weighted by Crippen LogP contribution is 2.03. The molecule has 1 rings (SSSR count). The maximum absolute atomic E-state index is 5.77. The van der Waals surface area contributed by atoms with Gasteiger partial charge in [-0.15, -0.1) is 0 Å². The Hall–Kier alpha value is -0.480. The number of hydrogen-bond acceptors (Lipinski definition) is 12. The smallest absolute Gasteiger partial charge is 0.0466 e. The fourth-order valence-corrected chi connectivity index (χ4v) is 6.12. The van der Waals surface area contributed by atoms with E-state index < -0.39 is 0 Å². The molecule has 1 aliphatic heterocycles. The number of hydrogen-bond donors (Lipinski definition) is 0. The molecule has 0 spiro atoms. The van der Waals surface area contributed by atoms with Crippen molar-refractivity contribution in [3.63, 3.8) is 0 Å². The van der Waals surface area contributed by atoms with Crippen LogP contribution in [0.2, 0.25) is 0 Å². The van der Waals surface area contributed by atoms with Crippen LogP contribution in [0.5, 0.6) is 0 Å². The second-order valence-corrected chi connectivity index (χ2v) is 15.8. The fourth-order valence-electron chi connectivity index (χ4n) is 6.12. The van der Waals surface area contributed by atoms with Crippen LogP contribution >= 0.6 is 0 Å². The first-order valence-electron chi connectivity index (χ1n) is 24.9. The minimum absolute atomic E-state index is 0.812. The van der Waals surface area contributed by atoms with Gasteiger partial charge in [-0.05, 0) is 154 Å². The van der Waals surface area contributed by atoms with Crippen LogP contribution in [0.4, 0.5) is 0 Å². The summed E-state index contributed by atoms with van der Waals surface area (Å²) in [6.45, 7) is 19.5. The molecule has 0 saturated carbocycles. The summed E-state index contributed by atoms with van der Waals surface area (Å²) in [6, 6.07) is 0. The number of rotatable bonds is 0. The zero-order chi connectivity index (χ0) is 42.4. The SMILES string of the molecule is C1CCOCCCCOCCCCOCCCCOCCCCOCCCCOCCCCOCCCCOCCCCOCCCCOCCCCOCCCCOC1. The Morgan fingerprint density at radius 2 is 0.133 bits per heavy atom. The molecule has 12 nitrogen and oxygen atoms in total. The maximum atomic E-state index is 5.77.